The number of sulfonamides is 1. The molecule has 2 aromatic carbocycles. The van der Waals surface area contributed by atoms with Crippen LogP contribution in [-0.4, -0.2) is 38.4 Å². The Labute approximate surface area is 200 Å². The summed E-state index contributed by atoms with van der Waals surface area (Å²) in [7, 11) is -3.82. The number of pyridine rings is 1. The molecule has 1 saturated heterocycles. The third-order valence-corrected chi connectivity index (χ3v) is 8.41. The minimum absolute atomic E-state index is 0.103. The van der Waals surface area contributed by atoms with Crippen LogP contribution < -0.4 is 14.5 Å². The zero-order valence-corrected chi connectivity index (χ0v) is 20.0. The van der Waals surface area contributed by atoms with Crippen molar-refractivity contribution < 1.29 is 13.2 Å². The molecule has 176 valence electrons. The number of aromatic nitrogens is 1. The van der Waals surface area contributed by atoms with Crippen LogP contribution in [0.15, 0.2) is 71.8 Å². The van der Waals surface area contributed by atoms with Gasteiger partial charge in [-0.3, -0.25) is 9.10 Å². The quantitative estimate of drug-likeness (QED) is 0.588. The van der Waals surface area contributed by atoms with E-state index in [1.807, 2.05) is 37.3 Å². The second-order valence-corrected chi connectivity index (χ2v) is 10.7. The lowest BCUT2D eigenvalue weighted by Crippen LogP contribution is -2.35. The molecule has 0 saturated carbocycles. The molecular formula is C26H28N4O3S. The first-order chi connectivity index (χ1) is 16.4. The van der Waals surface area contributed by atoms with Gasteiger partial charge in [0.15, 0.2) is 5.82 Å². The predicted octanol–water partition coefficient (Wildman–Crippen LogP) is 4.46. The van der Waals surface area contributed by atoms with Crippen LogP contribution in [0.5, 0.6) is 0 Å². The summed E-state index contributed by atoms with van der Waals surface area (Å²) in [5.74, 6) is 0.389. The van der Waals surface area contributed by atoms with Gasteiger partial charge >= 0.3 is 0 Å². The van der Waals surface area contributed by atoms with Crippen LogP contribution in [0, 0.1) is 0 Å². The fraction of sp³-hybridized carbons (Fsp3) is 0.308. The molecule has 1 amide bonds. The Morgan fingerprint density at radius 3 is 2.62 bits per heavy atom. The van der Waals surface area contributed by atoms with Gasteiger partial charge in [-0.2, -0.15) is 0 Å². The number of rotatable bonds is 5. The average molecular weight is 477 g/mol. The highest BCUT2D eigenvalue weighted by molar-refractivity contribution is 7.92. The van der Waals surface area contributed by atoms with Crippen molar-refractivity contribution in [3.63, 3.8) is 0 Å². The van der Waals surface area contributed by atoms with Crippen LogP contribution in [-0.2, 0) is 16.4 Å². The maximum Gasteiger partial charge on any atom is 0.264 e. The van der Waals surface area contributed by atoms with Crippen molar-refractivity contribution in [1.82, 2.24) is 4.98 Å². The molecule has 1 unspecified atom stereocenters. The van der Waals surface area contributed by atoms with E-state index in [2.05, 4.69) is 15.2 Å². The fourth-order valence-electron chi connectivity index (χ4n) is 4.86. The lowest BCUT2D eigenvalue weighted by Gasteiger charge is -2.29. The van der Waals surface area contributed by atoms with E-state index in [9.17, 15) is 13.2 Å². The van der Waals surface area contributed by atoms with Crippen LogP contribution in [0.1, 0.15) is 42.1 Å². The molecule has 5 rings (SSSR count). The van der Waals surface area contributed by atoms with Gasteiger partial charge in [0.05, 0.1) is 16.3 Å². The van der Waals surface area contributed by atoms with E-state index in [0.29, 0.717) is 17.8 Å². The number of hydrogen-bond donors (Lipinski definition) is 1. The molecule has 1 fully saturated rings. The van der Waals surface area contributed by atoms with Gasteiger partial charge in [0.25, 0.3) is 15.9 Å². The summed E-state index contributed by atoms with van der Waals surface area (Å²) in [6, 6.07) is 17.2. The van der Waals surface area contributed by atoms with E-state index in [0.717, 1.165) is 37.3 Å². The number of anilines is 3. The van der Waals surface area contributed by atoms with E-state index in [-0.39, 0.29) is 22.4 Å². The lowest BCUT2D eigenvalue weighted by atomic mass is 10.1. The van der Waals surface area contributed by atoms with Crippen molar-refractivity contribution in [2.75, 3.05) is 27.6 Å². The highest BCUT2D eigenvalue weighted by Gasteiger charge is 2.36. The molecule has 0 bridgehead atoms. The Balaban J connectivity index is 1.42. The summed E-state index contributed by atoms with van der Waals surface area (Å²) >= 11 is 0. The van der Waals surface area contributed by atoms with Crippen LogP contribution in [0.3, 0.4) is 0 Å². The Kier molecular flexibility index (Phi) is 6.00. The maximum atomic E-state index is 13.6. The smallest absolute Gasteiger partial charge is 0.264 e. The number of carbonyl (C=O) groups is 1. The normalized spacial score (nSPS) is 18.0. The van der Waals surface area contributed by atoms with Crippen molar-refractivity contribution in [2.24, 2.45) is 0 Å². The topological polar surface area (TPSA) is 82.6 Å². The molecule has 8 heteroatoms. The van der Waals surface area contributed by atoms with Gasteiger partial charge in [-0.05, 0) is 74.6 Å². The molecule has 3 aromatic rings. The van der Waals surface area contributed by atoms with E-state index >= 15 is 0 Å². The minimum atomic E-state index is -3.82. The van der Waals surface area contributed by atoms with E-state index < -0.39 is 10.0 Å². The standard InChI is InChI=1S/C26H28N4O3S/c1-19-17-20-9-3-4-13-24(20)30(19)34(32,33)22-11-7-10-21(18-22)26(31)28-23-12-8-14-27-25(23)29-15-5-2-6-16-29/h3-4,7-14,18-19H,2,5-6,15-17H2,1H3,(H,28,31). The summed E-state index contributed by atoms with van der Waals surface area (Å²) in [6.07, 6.45) is 5.79. The summed E-state index contributed by atoms with van der Waals surface area (Å²) in [5, 5.41) is 2.95. The molecule has 34 heavy (non-hydrogen) atoms. The zero-order chi connectivity index (χ0) is 23.7. The maximum absolute atomic E-state index is 13.6. The van der Waals surface area contributed by atoms with Gasteiger partial charge in [0.1, 0.15) is 0 Å². The van der Waals surface area contributed by atoms with Crippen LogP contribution in [0.4, 0.5) is 17.2 Å². The second kappa shape index (κ2) is 9.10. The summed E-state index contributed by atoms with van der Waals surface area (Å²) < 4.78 is 28.6. The highest BCUT2D eigenvalue weighted by Crippen LogP contribution is 2.36. The fourth-order valence-corrected chi connectivity index (χ4v) is 6.60. The molecule has 2 aliphatic rings. The second-order valence-electron chi connectivity index (χ2n) is 8.89. The van der Waals surface area contributed by atoms with Crippen LogP contribution in [0.2, 0.25) is 0 Å². The largest absolute Gasteiger partial charge is 0.355 e. The first-order valence-corrected chi connectivity index (χ1v) is 13.1. The summed E-state index contributed by atoms with van der Waals surface area (Å²) in [4.78, 5) is 19.9. The number of nitrogens with one attached hydrogen (secondary N) is 1. The number of hydrogen-bond acceptors (Lipinski definition) is 5. The SMILES string of the molecule is CC1Cc2ccccc2N1S(=O)(=O)c1cccc(C(=O)Nc2cccnc2N2CCCCC2)c1. The van der Waals surface area contributed by atoms with E-state index in [1.54, 1.807) is 30.5 Å². The number of fused-ring (bicyclic) bond motifs is 1. The number of nitrogens with zero attached hydrogens (tertiary/aromatic N) is 3. The zero-order valence-electron chi connectivity index (χ0n) is 19.1. The molecule has 1 atom stereocenters. The van der Waals surface area contributed by atoms with Gasteiger partial charge in [-0.1, -0.05) is 24.3 Å². The molecule has 3 heterocycles. The van der Waals surface area contributed by atoms with Gasteiger partial charge in [0, 0.05) is 30.9 Å². The van der Waals surface area contributed by atoms with Crippen molar-refractivity contribution in [3.05, 3.63) is 78.0 Å². The molecule has 1 aromatic heterocycles. The first kappa shape index (κ1) is 22.4. The molecule has 7 nitrogen and oxygen atoms in total. The van der Waals surface area contributed by atoms with Crippen molar-refractivity contribution in [2.45, 2.75) is 43.5 Å². The lowest BCUT2D eigenvalue weighted by molar-refractivity contribution is 0.102. The molecule has 0 spiro atoms. The Morgan fingerprint density at radius 1 is 1.00 bits per heavy atom. The number of benzene rings is 2. The molecule has 0 radical (unpaired) electrons. The van der Waals surface area contributed by atoms with Crippen molar-refractivity contribution in [3.8, 4) is 0 Å². The Bertz CT molecular complexity index is 1320. The van der Waals surface area contributed by atoms with Crippen molar-refractivity contribution in [1.29, 1.82) is 0 Å². The minimum Gasteiger partial charge on any atom is -0.355 e. The monoisotopic (exact) mass is 476 g/mol. The first-order valence-electron chi connectivity index (χ1n) is 11.7. The van der Waals surface area contributed by atoms with Crippen LogP contribution in [0.25, 0.3) is 0 Å². The van der Waals surface area contributed by atoms with Crippen molar-refractivity contribution >= 4 is 33.1 Å². The van der Waals surface area contributed by atoms with E-state index in [1.165, 1.54) is 16.8 Å². The predicted molar refractivity (Wildman–Crippen MR) is 134 cm³/mol. The third-order valence-electron chi connectivity index (χ3n) is 6.49. The highest BCUT2D eigenvalue weighted by atomic mass is 32.2. The molecule has 1 N–H and O–H groups in total. The molecular weight excluding hydrogens is 448 g/mol. The number of piperidine rings is 1. The Morgan fingerprint density at radius 2 is 1.79 bits per heavy atom. The van der Waals surface area contributed by atoms with Gasteiger partial charge < -0.3 is 10.2 Å². The van der Waals surface area contributed by atoms with Crippen LogP contribution >= 0.6 is 0 Å². The van der Waals surface area contributed by atoms with Gasteiger partial charge in [0.2, 0.25) is 0 Å². The number of para-hydroxylation sites is 1. The molecule has 0 aliphatic carbocycles. The van der Waals surface area contributed by atoms with E-state index in [4.69, 9.17) is 0 Å². The number of amides is 1. The van der Waals surface area contributed by atoms with Gasteiger partial charge in [-0.15, -0.1) is 0 Å². The Hall–Kier alpha value is -3.39. The summed E-state index contributed by atoms with van der Waals surface area (Å²) in [6.45, 7) is 3.71. The summed E-state index contributed by atoms with van der Waals surface area (Å²) in [5.41, 5.74) is 2.63. The molecule has 2 aliphatic heterocycles. The average Bonchev–Trinajstić information content (AvgIpc) is 3.21. The van der Waals surface area contributed by atoms with Gasteiger partial charge in [-0.25, -0.2) is 13.4 Å². The third kappa shape index (κ3) is 4.14. The number of carbonyl (C=O) groups excluding carboxylic acids is 1.